The maximum atomic E-state index is 13.0. The fraction of sp³-hybridized carbons (Fsp3) is 0.235. The first kappa shape index (κ1) is 15.8. The molecule has 116 valence electrons. The molecule has 0 aromatic heterocycles. The van der Waals surface area contributed by atoms with Gasteiger partial charge >= 0.3 is 6.03 Å². The highest BCUT2D eigenvalue weighted by atomic mass is 19.1. The van der Waals surface area contributed by atoms with E-state index in [4.69, 9.17) is 4.74 Å². The van der Waals surface area contributed by atoms with Gasteiger partial charge in [-0.2, -0.15) is 0 Å². The van der Waals surface area contributed by atoms with E-state index < -0.39 is 0 Å². The summed E-state index contributed by atoms with van der Waals surface area (Å²) >= 11 is 0. The minimum atomic E-state index is -0.366. The summed E-state index contributed by atoms with van der Waals surface area (Å²) in [6, 6.07) is 11.5. The molecule has 0 radical (unpaired) electrons. The lowest BCUT2D eigenvalue weighted by atomic mass is 10.1. The van der Waals surface area contributed by atoms with Crippen LogP contribution in [0.25, 0.3) is 0 Å². The number of hydrogen-bond acceptors (Lipinski definition) is 2. The molecule has 2 amide bonds. The van der Waals surface area contributed by atoms with Crippen LogP contribution in [0.2, 0.25) is 0 Å². The number of amides is 2. The number of carbonyl (C=O) groups is 1. The lowest BCUT2D eigenvalue weighted by molar-refractivity contribution is 0.223. The van der Waals surface area contributed by atoms with Gasteiger partial charge in [0.15, 0.2) is 6.73 Å². The quantitative estimate of drug-likeness (QED) is 0.833. The molecule has 22 heavy (non-hydrogen) atoms. The molecule has 2 aromatic rings. The molecule has 4 nitrogen and oxygen atoms in total. The Bertz CT molecular complexity index is 659. The van der Waals surface area contributed by atoms with Gasteiger partial charge in [0.2, 0.25) is 0 Å². The van der Waals surface area contributed by atoms with Crippen LogP contribution < -0.4 is 15.4 Å². The van der Waals surface area contributed by atoms with Crippen molar-refractivity contribution in [3.05, 3.63) is 65.0 Å². The fourth-order valence-corrected chi connectivity index (χ4v) is 1.95. The van der Waals surface area contributed by atoms with E-state index in [1.54, 1.807) is 12.1 Å². The van der Waals surface area contributed by atoms with Gasteiger partial charge in [0.1, 0.15) is 11.6 Å². The average molecular weight is 302 g/mol. The molecule has 0 bridgehead atoms. The molecule has 0 aliphatic carbocycles. The van der Waals surface area contributed by atoms with Crippen LogP contribution >= 0.6 is 0 Å². The van der Waals surface area contributed by atoms with E-state index in [-0.39, 0.29) is 25.1 Å². The van der Waals surface area contributed by atoms with Gasteiger partial charge in [0.25, 0.3) is 0 Å². The van der Waals surface area contributed by atoms with Gasteiger partial charge in [0.05, 0.1) is 0 Å². The third kappa shape index (κ3) is 4.48. The van der Waals surface area contributed by atoms with Gasteiger partial charge in [-0.3, -0.25) is 0 Å². The SMILES string of the molecule is Cc1cccc(OCNC(=O)NCc2cccc(F)c2)c1C. The molecule has 0 aliphatic rings. The summed E-state index contributed by atoms with van der Waals surface area (Å²) in [6.07, 6.45) is 0. The number of aryl methyl sites for hydroxylation is 1. The van der Waals surface area contributed by atoms with Crippen LogP contribution in [0.1, 0.15) is 16.7 Å². The summed E-state index contributed by atoms with van der Waals surface area (Å²) < 4.78 is 18.5. The Kier molecular flexibility index (Phi) is 5.36. The Morgan fingerprint density at radius 3 is 2.68 bits per heavy atom. The first-order valence-corrected chi connectivity index (χ1v) is 7.01. The average Bonchev–Trinajstić information content (AvgIpc) is 2.49. The Morgan fingerprint density at radius 2 is 1.91 bits per heavy atom. The largest absolute Gasteiger partial charge is 0.473 e. The molecule has 2 aromatic carbocycles. The van der Waals surface area contributed by atoms with Crippen LogP contribution in [0.15, 0.2) is 42.5 Å². The highest BCUT2D eigenvalue weighted by Gasteiger charge is 2.04. The first-order valence-electron chi connectivity index (χ1n) is 7.01. The summed E-state index contributed by atoms with van der Waals surface area (Å²) in [5.41, 5.74) is 2.88. The lowest BCUT2D eigenvalue weighted by Crippen LogP contribution is -2.37. The second-order valence-corrected chi connectivity index (χ2v) is 4.98. The number of benzene rings is 2. The topological polar surface area (TPSA) is 50.4 Å². The van der Waals surface area contributed by atoms with Crippen molar-refractivity contribution >= 4 is 6.03 Å². The molecular weight excluding hydrogens is 283 g/mol. The van der Waals surface area contributed by atoms with E-state index in [0.717, 1.165) is 16.9 Å². The summed E-state index contributed by atoms with van der Waals surface area (Å²) in [6.45, 7) is 4.29. The zero-order valence-corrected chi connectivity index (χ0v) is 12.7. The number of urea groups is 1. The molecular formula is C17H19FN2O2. The Hall–Kier alpha value is -2.56. The smallest absolute Gasteiger partial charge is 0.317 e. The van der Waals surface area contributed by atoms with Crippen molar-refractivity contribution in [1.29, 1.82) is 0 Å². The highest BCUT2D eigenvalue weighted by Crippen LogP contribution is 2.19. The van der Waals surface area contributed by atoms with Crippen molar-refractivity contribution < 1.29 is 13.9 Å². The van der Waals surface area contributed by atoms with Gasteiger partial charge in [-0.25, -0.2) is 9.18 Å². The van der Waals surface area contributed by atoms with E-state index in [1.165, 1.54) is 12.1 Å². The predicted octanol–water partition coefficient (Wildman–Crippen LogP) is 3.28. The van der Waals surface area contributed by atoms with Gasteiger partial charge in [-0.15, -0.1) is 0 Å². The normalized spacial score (nSPS) is 10.1. The van der Waals surface area contributed by atoms with Gasteiger partial charge in [-0.05, 0) is 48.7 Å². The van der Waals surface area contributed by atoms with Crippen molar-refractivity contribution in [1.82, 2.24) is 10.6 Å². The second kappa shape index (κ2) is 7.45. The molecule has 0 spiro atoms. The van der Waals surface area contributed by atoms with Crippen LogP contribution in [-0.2, 0) is 6.54 Å². The van der Waals surface area contributed by atoms with Crippen LogP contribution in [0.5, 0.6) is 5.75 Å². The standard InChI is InChI=1S/C17H19FN2O2/c1-12-5-3-8-16(13(12)2)22-11-20-17(21)19-10-14-6-4-7-15(18)9-14/h3-9H,10-11H2,1-2H3,(H2,19,20,21). The third-order valence-corrected chi connectivity index (χ3v) is 3.36. The van der Waals surface area contributed by atoms with E-state index in [0.29, 0.717) is 5.56 Å². The molecule has 5 heteroatoms. The van der Waals surface area contributed by atoms with Crippen LogP contribution in [0.3, 0.4) is 0 Å². The molecule has 2 rings (SSSR count). The highest BCUT2D eigenvalue weighted by molar-refractivity contribution is 5.73. The van der Waals surface area contributed by atoms with Gasteiger partial charge in [-0.1, -0.05) is 24.3 Å². The molecule has 0 saturated carbocycles. The first-order chi connectivity index (χ1) is 10.6. The van der Waals surface area contributed by atoms with Crippen molar-refractivity contribution in [2.75, 3.05) is 6.73 Å². The minimum Gasteiger partial charge on any atom is -0.473 e. The number of hydrogen-bond donors (Lipinski definition) is 2. The van der Waals surface area contributed by atoms with Crippen molar-refractivity contribution in [2.24, 2.45) is 0 Å². The van der Waals surface area contributed by atoms with Crippen molar-refractivity contribution in [3.8, 4) is 5.75 Å². The molecule has 0 unspecified atom stereocenters. The number of nitrogens with one attached hydrogen (secondary N) is 2. The van der Waals surface area contributed by atoms with E-state index in [2.05, 4.69) is 10.6 Å². The lowest BCUT2D eigenvalue weighted by Gasteiger charge is -2.12. The Morgan fingerprint density at radius 1 is 1.14 bits per heavy atom. The Labute approximate surface area is 129 Å². The second-order valence-electron chi connectivity index (χ2n) is 4.98. The molecule has 0 aliphatic heterocycles. The molecule has 0 saturated heterocycles. The number of rotatable bonds is 5. The molecule has 0 heterocycles. The summed E-state index contributed by atoms with van der Waals surface area (Å²) in [4.78, 5) is 11.6. The van der Waals surface area contributed by atoms with Crippen molar-refractivity contribution in [3.63, 3.8) is 0 Å². The third-order valence-electron chi connectivity index (χ3n) is 3.36. The van der Waals surface area contributed by atoms with Crippen LogP contribution in [0.4, 0.5) is 9.18 Å². The number of halogens is 1. The minimum absolute atomic E-state index is 0.0687. The fourth-order valence-electron chi connectivity index (χ4n) is 1.95. The predicted molar refractivity (Wildman–Crippen MR) is 83.2 cm³/mol. The van der Waals surface area contributed by atoms with Crippen LogP contribution in [-0.4, -0.2) is 12.8 Å². The van der Waals surface area contributed by atoms with Gasteiger partial charge < -0.3 is 15.4 Å². The zero-order chi connectivity index (χ0) is 15.9. The Balaban J connectivity index is 1.75. The summed E-state index contributed by atoms with van der Waals surface area (Å²) in [5.74, 6) is 0.420. The summed E-state index contributed by atoms with van der Waals surface area (Å²) in [5, 5.41) is 5.24. The monoisotopic (exact) mass is 302 g/mol. The van der Waals surface area contributed by atoms with Gasteiger partial charge in [0, 0.05) is 6.54 Å². The maximum absolute atomic E-state index is 13.0. The van der Waals surface area contributed by atoms with E-state index in [1.807, 2.05) is 32.0 Å². The number of ether oxygens (including phenoxy) is 1. The zero-order valence-electron chi connectivity index (χ0n) is 12.7. The summed E-state index contributed by atoms with van der Waals surface area (Å²) in [7, 11) is 0. The maximum Gasteiger partial charge on any atom is 0.317 e. The molecule has 0 atom stereocenters. The van der Waals surface area contributed by atoms with Crippen molar-refractivity contribution in [2.45, 2.75) is 20.4 Å². The molecule has 2 N–H and O–H groups in total. The van der Waals surface area contributed by atoms with E-state index in [9.17, 15) is 9.18 Å². The molecule has 0 fully saturated rings. The van der Waals surface area contributed by atoms with Crippen LogP contribution in [0, 0.1) is 19.7 Å². The van der Waals surface area contributed by atoms with E-state index >= 15 is 0 Å². The number of carbonyl (C=O) groups excluding carboxylic acids is 1.